The summed E-state index contributed by atoms with van der Waals surface area (Å²) in [4.78, 5) is 13.4. The van der Waals surface area contributed by atoms with Gasteiger partial charge < -0.3 is 5.32 Å². The Hall–Kier alpha value is -2.57. The van der Waals surface area contributed by atoms with Crippen LogP contribution in [0.5, 0.6) is 0 Å². The first-order valence-corrected chi connectivity index (χ1v) is 10.8. The van der Waals surface area contributed by atoms with Crippen molar-refractivity contribution >= 4 is 11.6 Å². The van der Waals surface area contributed by atoms with Gasteiger partial charge in [-0.3, -0.25) is 9.89 Å². The predicted octanol–water partition coefficient (Wildman–Crippen LogP) is 5.76. The first-order chi connectivity index (χ1) is 14.5. The number of benzene rings is 1. The number of allylic oxidation sites excluding steroid dienone is 2. The number of carbonyl (C=O) groups excluding carboxylic acids is 1. The number of halogens is 3. The normalized spacial score (nSPS) is 25.2. The van der Waals surface area contributed by atoms with Crippen LogP contribution in [-0.4, -0.2) is 16.0 Å². The summed E-state index contributed by atoms with van der Waals surface area (Å²) < 4.78 is 40.7. The molecule has 5 rings (SSSR count). The molecule has 0 radical (unpaired) electrons. The monoisotopic (exact) mass is 429 g/mol. The molecule has 2 aliphatic carbocycles. The van der Waals surface area contributed by atoms with E-state index in [4.69, 9.17) is 0 Å². The molecule has 3 aliphatic rings. The highest BCUT2D eigenvalue weighted by Gasteiger charge is 2.50. The molecule has 2 aromatic rings. The predicted molar refractivity (Wildman–Crippen MR) is 112 cm³/mol. The van der Waals surface area contributed by atoms with Crippen molar-refractivity contribution in [1.29, 1.82) is 0 Å². The van der Waals surface area contributed by atoms with Crippen LogP contribution in [0.3, 0.4) is 0 Å². The number of Topliss-reactive ketones (excluding diaryl/α,β-unsaturated/α-hetero) is 1. The fraction of sp³-hybridized carbons (Fsp3) is 0.500. The number of anilines is 1. The minimum absolute atomic E-state index is 0.0112. The summed E-state index contributed by atoms with van der Waals surface area (Å²) in [6.07, 6.45) is -0.364. The van der Waals surface area contributed by atoms with Gasteiger partial charge in [0.2, 0.25) is 0 Å². The Balaban J connectivity index is 1.75. The van der Waals surface area contributed by atoms with E-state index in [1.54, 1.807) is 6.07 Å². The molecule has 0 bridgehead atoms. The summed E-state index contributed by atoms with van der Waals surface area (Å²) in [5, 5.41) is 11.0. The van der Waals surface area contributed by atoms with Crippen LogP contribution in [0.1, 0.15) is 68.8 Å². The molecule has 1 atom stereocenters. The van der Waals surface area contributed by atoms with Gasteiger partial charge in [0.05, 0.1) is 11.0 Å². The Morgan fingerprint density at radius 2 is 1.90 bits per heavy atom. The fourth-order valence-corrected chi connectivity index (χ4v) is 5.34. The number of hydrogen-bond acceptors (Lipinski definition) is 3. The number of alkyl halides is 3. The zero-order chi connectivity index (χ0) is 22.2. The highest BCUT2D eigenvalue weighted by atomic mass is 19.4. The third-order valence-corrected chi connectivity index (χ3v) is 6.94. The average molecular weight is 429 g/mol. The number of fused-ring (bicyclic) bond motifs is 1. The maximum absolute atomic E-state index is 13.6. The lowest BCUT2D eigenvalue weighted by Crippen LogP contribution is -2.42. The summed E-state index contributed by atoms with van der Waals surface area (Å²) in [6, 6.07) is 5.41. The summed E-state index contributed by atoms with van der Waals surface area (Å²) >= 11 is 0. The number of nitrogens with zero attached hydrogens (tertiary/aromatic N) is 1. The zero-order valence-corrected chi connectivity index (χ0v) is 17.9. The van der Waals surface area contributed by atoms with Crippen molar-refractivity contribution in [1.82, 2.24) is 10.2 Å². The van der Waals surface area contributed by atoms with Crippen LogP contribution in [0.4, 0.5) is 19.0 Å². The van der Waals surface area contributed by atoms with Gasteiger partial charge in [0.1, 0.15) is 0 Å². The molecule has 0 spiro atoms. The summed E-state index contributed by atoms with van der Waals surface area (Å²) in [5.41, 5.74) is 1.63. The summed E-state index contributed by atoms with van der Waals surface area (Å²) in [6.45, 7) is 5.97. The zero-order valence-electron chi connectivity index (χ0n) is 17.9. The lowest BCUT2D eigenvalue weighted by Gasteiger charge is -2.44. The van der Waals surface area contributed by atoms with E-state index in [2.05, 4.69) is 15.5 Å². The second kappa shape index (κ2) is 6.47. The van der Waals surface area contributed by atoms with Crippen LogP contribution in [0.2, 0.25) is 0 Å². The molecule has 2 N–H and O–H groups in total. The number of aromatic nitrogens is 2. The maximum atomic E-state index is 13.6. The van der Waals surface area contributed by atoms with E-state index in [1.165, 1.54) is 12.1 Å². The van der Waals surface area contributed by atoms with Crippen molar-refractivity contribution in [2.24, 2.45) is 11.3 Å². The van der Waals surface area contributed by atoms with Crippen molar-refractivity contribution in [3.63, 3.8) is 0 Å². The molecule has 164 valence electrons. The molecule has 4 nitrogen and oxygen atoms in total. The topological polar surface area (TPSA) is 57.8 Å². The van der Waals surface area contributed by atoms with Gasteiger partial charge >= 0.3 is 6.18 Å². The molecule has 7 heteroatoms. The van der Waals surface area contributed by atoms with Gasteiger partial charge in [-0.15, -0.1) is 0 Å². The highest BCUT2D eigenvalue weighted by Crippen LogP contribution is 2.54. The van der Waals surface area contributed by atoms with Crippen molar-refractivity contribution in [3.05, 3.63) is 57.9 Å². The number of carbonyl (C=O) groups is 1. The summed E-state index contributed by atoms with van der Waals surface area (Å²) in [5.74, 6) is 1.18. The van der Waals surface area contributed by atoms with Crippen LogP contribution in [0.15, 0.2) is 35.5 Å². The first kappa shape index (κ1) is 20.3. The SMILES string of the molecule is CC1(C)CC(=O)C2=C(C1)Nc1n[nH]c(CC3CC3)c1[C@]2(C)c1cccc(C(F)(F)F)c1. The second-order valence-corrected chi connectivity index (χ2v) is 10.2. The number of hydrogen-bond donors (Lipinski definition) is 2. The van der Waals surface area contributed by atoms with E-state index < -0.39 is 17.2 Å². The first-order valence-electron chi connectivity index (χ1n) is 10.8. The molecule has 0 amide bonds. The van der Waals surface area contributed by atoms with Gasteiger partial charge in [-0.25, -0.2) is 0 Å². The molecular weight excluding hydrogens is 403 g/mol. The average Bonchev–Trinajstić information content (AvgIpc) is 3.38. The van der Waals surface area contributed by atoms with Crippen molar-refractivity contribution in [2.45, 2.75) is 64.5 Å². The van der Waals surface area contributed by atoms with E-state index in [0.29, 0.717) is 35.7 Å². The minimum atomic E-state index is -4.45. The van der Waals surface area contributed by atoms with Crippen LogP contribution < -0.4 is 5.32 Å². The Morgan fingerprint density at radius 1 is 1.16 bits per heavy atom. The van der Waals surface area contributed by atoms with Crippen molar-refractivity contribution in [3.8, 4) is 0 Å². The maximum Gasteiger partial charge on any atom is 0.416 e. The van der Waals surface area contributed by atoms with Gasteiger partial charge in [0.25, 0.3) is 0 Å². The van der Waals surface area contributed by atoms with Crippen LogP contribution in [0.25, 0.3) is 0 Å². The number of ketones is 1. The van der Waals surface area contributed by atoms with Crippen LogP contribution >= 0.6 is 0 Å². The van der Waals surface area contributed by atoms with Gasteiger partial charge in [-0.2, -0.15) is 18.3 Å². The standard InChI is InChI=1S/C24H26F3N3O/c1-22(2)11-17-19(18(31)12-22)23(3,14-5-4-6-15(10-14)24(25,26)27)20-16(9-13-7-8-13)29-30-21(20)28-17/h4-6,10,13H,7-9,11-12H2,1-3H3,(H2,28,29,30)/t23-/m1/s1. The Morgan fingerprint density at radius 3 is 2.58 bits per heavy atom. The largest absolute Gasteiger partial charge is 0.416 e. The molecule has 31 heavy (non-hydrogen) atoms. The Labute approximate surface area is 179 Å². The number of rotatable bonds is 3. The Kier molecular flexibility index (Phi) is 4.24. The molecule has 1 fully saturated rings. The molecule has 1 aromatic heterocycles. The van der Waals surface area contributed by atoms with Crippen LogP contribution in [-0.2, 0) is 22.8 Å². The van der Waals surface area contributed by atoms with Gasteiger partial charge in [0, 0.05) is 28.9 Å². The van der Waals surface area contributed by atoms with E-state index in [9.17, 15) is 18.0 Å². The molecule has 0 saturated heterocycles. The van der Waals surface area contributed by atoms with Crippen molar-refractivity contribution < 1.29 is 18.0 Å². The minimum Gasteiger partial charge on any atom is -0.342 e. The van der Waals surface area contributed by atoms with Crippen molar-refractivity contribution in [2.75, 3.05) is 5.32 Å². The third-order valence-electron chi connectivity index (χ3n) is 6.94. The fourth-order valence-electron chi connectivity index (χ4n) is 5.34. The van der Waals surface area contributed by atoms with E-state index in [0.717, 1.165) is 42.3 Å². The number of nitrogens with one attached hydrogen (secondary N) is 2. The smallest absolute Gasteiger partial charge is 0.342 e. The molecule has 1 aromatic carbocycles. The lowest BCUT2D eigenvalue weighted by atomic mass is 9.61. The van der Waals surface area contributed by atoms with Crippen LogP contribution in [0, 0.1) is 11.3 Å². The quantitative estimate of drug-likeness (QED) is 0.653. The molecular formula is C24H26F3N3O. The molecule has 1 saturated carbocycles. The second-order valence-electron chi connectivity index (χ2n) is 10.2. The highest BCUT2D eigenvalue weighted by molar-refractivity contribution is 6.03. The summed E-state index contributed by atoms with van der Waals surface area (Å²) in [7, 11) is 0. The molecule has 1 aliphatic heterocycles. The molecule has 2 heterocycles. The number of aromatic amines is 1. The third kappa shape index (κ3) is 3.29. The Bertz CT molecular complexity index is 1110. The lowest BCUT2D eigenvalue weighted by molar-refractivity contribution is -0.137. The number of H-pyrrole nitrogens is 1. The van der Waals surface area contributed by atoms with E-state index in [-0.39, 0.29) is 11.2 Å². The van der Waals surface area contributed by atoms with E-state index >= 15 is 0 Å². The van der Waals surface area contributed by atoms with Gasteiger partial charge in [-0.05, 0) is 55.6 Å². The van der Waals surface area contributed by atoms with Gasteiger partial charge in [-0.1, -0.05) is 32.0 Å². The van der Waals surface area contributed by atoms with E-state index in [1.807, 2.05) is 20.8 Å². The molecule has 0 unspecified atom stereocenters. The van der Waals surface area contributed by atoms with Gasteiger partial charge in [0.15, 0.2) is 11.6 Å².